The predicted molar refractivity (Wildman–Crippen MR) is 84.5 cm³/mol. The molecule has 0 aliphatic heterocycles. The van der Waals surface area contributed by atoms with Crippen LogP contribution >= 0.6 is 11.3 Å². The molecule has 0 fully saturated rings. The highest BCUT2D eigenvalue weighted by Gasteiger charge is 2.04. The Hall–Kier alpha value is -2.21. The number of anilines is 1. The van der Waals surface area contributed by atoms with E-state index in [1.807, 2.05) is 31.2 Å². The zero-order valence-electron chi connectivity index (χ0n) is 12.0. The Morgan fingerprint density at radius 3 is 2.90 bits per heavy atom. The normalized spacial score (nSPS) is 10.8. The molecule has 0 saturated carbocycles. The zero-order valence-corrected chi connectivity index (χ0v) is 12.8. The van der Waals surface area contributed by atoms with E-state index in [9.17, 15) is 4.79 Å². The second-order valence-corrected chi connectivity index (χ2v) is 5.52. The van der Waals surface area contributed by atoms with Crippen molar-refractivity contribution < 1.29 is 9.53 Å². The average molecular weight is 303 g/mol. The van der Waals surface area contributed by atoms with Gasteiger partial charge in [-0.1, -0.05) is 36.5 Å². The van der Waals surface area contributed by atoms with E-state index in [4.69, 9.17) is 4.74 Å². The number of aromatic nitrogens is 2. The molecule has 2 rings (SSSR count). The Morgan fingerprint density at radius 1 is 1.38 bits per heavy atom. The van der Waals surface area contributed by atoms with E-state index in [0.717, 1.165) is 22.7 Å². The van der Waals surface area contributed by atoms with Crippen molar-refractivity contribution >= 4 is 28.5 Å². The summed E-state index contributed by atoms with van der Waals surface area (Å²) in [7, 11) is 0. The third-order valence-corrected chi connectivity index (χ3v) is 3.31. The summed E-state index contributed by atoms with van der Waals surface area (Å²) in [4.78, 5) is 11.8. The molecule has 1 N–H and O–H groups in total. The molecular formula is C15H17N3O2S. The molecule has 2 aromatic rings. The first-order valence-corrected chi connectivity index (χ1v) is 7.51. The average Bonchev–Trinajstić information content (AvgIpc) is 2.89. The topological polar surface area (TPSA) is 64.1 Å². The van der Waals surface area contributed by atoms with Gasteiger partial charge in [0.2, 0.25) is 11.0 Å². The van der Waals surface area contributed by atoms with Crippen LogP contribution in [0.15, 0.2) is 30.3 Å². The molecule has 0 atom stereocenters. The lowest BCUT2D eigenvalue weighted by atomic mass is 10.2. The van der Waals surface area contributed by atoms with Crippen LogP contribution in [0, 0.1) is 6.92 Å². The molecule has 21 heavy (non-hydrogen) atoms. The molecule has 1 heterocycles. The van der Waals surface area contributed by atoms with Gasteiger partial charge in [0, 0.05) is 11.6 Å². The largest absolute Gasteiger partial charge is 0.493 e. The van der Waals surface area contributed by atoms with Gasteiger partial charge in [0.05, 0.1) is 6.61 Å². The van der Waals surface area contributed by atoms with E-state index in [1.165, 1.54) is 17.4 Å². The number of nitrogens with zero attached hydrogens (tertiary/aromatic N) is 2. The Balaban J connectivity index is 2.01. The van der Waals surface area contributed by atoms with Crippen molar-refractivity contribution in [1.29, 1.82) is 0 Å². The smallest absolute Gasteiger partial charge is 0.250 e. The first-order chi connectivity index (χ1) is 10.2. The van der Waals surface area contributed by atoms with Gasteiger partial charge in [-0.3, -0.25) is 10.1 Å². The van der Waals surface area contributed by atoms with Crippen LogP contribution in [0.3, 0.4) is 0 Å². The van der Waals surface area contributed by atoms with E-state index in [-0.39, 0.29) is 5.91 Å². The fourth-order valence-electron chi connectivity index (χ4n) is 1.62. The van der Waals surface area contributed by atoms with Gasteiger partial charge in [0.25, 0.3) is 0 Å². The summed E-state index contributed by atoms with van der Waals surface area (Å²) in [5.41, 5.74) is 0.870. The maximum atomic E-state index is 11.8. The number of para-hydroxylation sites is 1. The molecule has 6 heteroatoms. The highest BCUT2D eigenvalue weighted by Crippen LogP contribution is 2.20. The third kappa shape index (κ3) is 4.68. The fourth-order valence-corrected chi connectivity index (χ4v) is 2.22. The summed E-state index contributed by atoms with van der Waals surface area (Å²) in [6.07, 6.45) is 4.13. The van der Waals surface area contributed by atoms with Crippen LogP contribution in [-0.2, 0) is 4.79 Å². The molecule has 5 nitrogen and oxygen atoms in total. The molecule has 0 saturated heterocycles. The quantitative estimate of drug-likeness (QED) is 0.832. The van der Waals surface area contributed by atoms with Crippen molar-refractivity contribution in [1.82, 2.24) is 10.2 Å². The zero-order chi connectivity index (χ0) is 15.1. The molecule has 0 radical (unpaired) electrons. The Kier molecular flexibility index (Phi) is 5.45. The van der Waals surface area contributed by atoms with Crippen molar-refractivity contribution in [3.05, 3.63) is 40.9 Å². The maximum Gasteiger partial charge on any atom is 0.250 e. The fraction of sp³-hybridized carbons (Fsp3) is 0.267. The number of carbonyl (C=O) groups is 1. The summed E-state index contributed by atoms with van der Waals surface area (Å²) in [5, 5.41) is 11.7. The number of ether oxygens (including phenoxy) is 1. The van der Waals surface area contributed by atoms with Crippen molar-refractivity contribution in [2.45, 2.75) is 20.3 Å². The number of rotatable bonds is 6. The second kappa shape index (κ2) is 7.54. The van der Waals surface area contributed by atoms with Gasteiger partial charge >= 0.3 is 0 Å². The molecule has 0 spiro atoms. The number of benzene rings is 1. The predicted octanol–water partition coefficient (Wildman–Crippen LogP) is 3.29. The number of hydrogen-bond acceptors (Lipinski definition) is 5. The molecular weight excluding hydrogens is 286 g/mol. The van der Waals surface area contributed by atoms with Crippen LogP contribution in [0.4, 0.5) is 5.13 Å². The van der Waals surface area contributed by atoms with Crippen molar-refractivity contribution in [2.75, 3.05) is 11.9 Å². The summed E-state index contributed by atoms with van der Waals surface area (Å²) in [5.74, 6) is 0.534. The lowest BCUT2D eigenvalue weighted by molar-refractivity contribution is -0.111. The van der Waals surface area contributed by atoms with E-state index < -0.39 is 0 Å². The van der Waals surface area contributed by atoms with E-state index >= 15 is 0 Å². The molecule has 0 bridgehead atoms. The Labute approximate surface area is 127 Å². The summed E-state index contributed by atoms with van der Waals surface area (Å²) >= 11 is 1.34. The molecule has 1 aromatic carbocycles. The van der Waals surface area contributed by atoms with E-state index in [2.05, 4.69) is 22.4 Å². The monoisotopic (exact) mass is 303 g/mol. The van der Waals surface area contributed by atoms with Crippen LogP contribution < -0.4 is 10.1 Å². The second-order valence-electron chi connectivity index (χ2n) is 4.34. The van der Waals surface area contributed by atoms with Crippen molar-refractivity contribution in [3.8, 4) is 5.75 Å². The van der Waals surface area contributed by atoms with Crippen molar-refractivity contribution in [3.63, 3.8) is 0 Å². The molecule has 1 amide bonds. The number of aryl methyl sites for hydroxylation is 1. The van der Waals surface area contributed by atoms with Gasteiger partial charge in [-0.25, -0.2) is 0 Å². The number of hydrogen-bond donors (Lipinski definition) is 1. The van der Waals surface area contributed by atoms with Gasteiger partial charge in [0.1, 0.15) is 10.8 Å². The maximum absolute atomic E-state index is 11.8. The number of amides is 1. The van der Waals surface area contributed by atoms with E-state index in [1.54, 1.807) is 6.08 Å². The van der Waals surface area contributed by atoms with E-state index in [0.29, 0.717) is 11.7 Å². The molecule has 0 aliphatic carbocycles. The van der Waals surface area contributed by atoms with Gasteiger partial charge in [-0.05, 0) is 25.5 Å². The molecule has 0 unspecified atom stereocenters. The Morgan fingerprint density at radius 2 is 2.19 bits per heavy atom. The van der Waals surface area contributed by atoms with Gasteiger partial charge in [-0.15, -0.1) is 10.2 Å². The van der Waals surface area contributed by atoms with Crippen molar-refractivity contribution in [2.24, 2.45) is 0 Å². The van der Waals surface area contributed by atoms with Gasteiger partial charge in [0.15, 0.2) is 0 Å². The highest BCUT2D eigenvalue weighted by molar-refractivity contribution is 7.15. The highest BCUT2D eigenvalue weighted by atomic mass is 32.1. The van der Waals surface area contributed by atoms with Crippen LogP contribution in [0.5, 0.6) is 5.75 Å². The summed E-state index contributed by atoms with van der Waals surface area (Å²) < 4.78 is 5.64. The first kappa shape index (κ1) is 15.2. The third-order valence-electron chi connectivity index (χ3n) is 2.55. The lowest BCUT2D eigenvalue weighted by Gasteiger charge is -2.07. The van der Waals surface area contributed by atoms with Crippen LogP contribution in [0.2, 0.25) is 0 Å². The Bertz CT molecular complexity index is 637. The minimum absolute atomic E-state index is 0.239. The lowest BCUT2D eigenvalue weighted by Crippen LogP contribution is -2.07. The molecule has 1 aromatic heterocycles. The van der Waals surface area contributed by atoms with Gasteiger partial charge < -0.3 is 4.74 Å². The molecule has 110 valence electrons. The molecule has 0 aliphatic rings. The number of nitrogens with one attached hydrogen (secondary N) is 1. The standard InChI is InChI=1S/C15H17N3O2S/c1-3-10-20-13-7-5-4-6-12(13)8-9-14(19)16-15-18-17-11(2)21-15/h4-9H,3,10H2,1-2H3,(H,16,18,19)/b9-8+. The minimum atomic E-state index is -0.239. The van der Waals surface area contributed by atoms with Crippen LogP contribution in [-0.4, -0.2) is 22.7 Å². The van der Waals surface area contributed by atoms with Crippen LogP contribution in [0.1, 0.15) is 23.9 Å². The SMILES string of the molecule is CCCOc1ccccc1/C=C/C(=O)Nc1nnc(C)s1. The minimum Gasteiger partial charge on any atom is -0.493 e. The summed E-state index contributed by atoms with van der Waals surface area (Å²) in [6.45, 7) is 4.54. The number of carbonyl (C=O) groups excluding carboxylic acids is 1. The first-order valence-electron chi connectivity index (χ1n) is 6.70. The summed E-state index contributed by atoms with van der Waals surface area (Å²) in [6, 6.07) is 7.61. The van der Waals surface area contributed by atoms with Gasteiger partial charge in [-0.2, -0.15) is 0 Å². The van der Waals surface area contributed by atoms with Crippen LogP contribution in [0.25, 0.3) is 6.08 Å².